The van der Waals surface area contributed by atoms with Crippen LogP contribution >= 0.6 is 0 Å². The number of benzene rings is 1. The molecule has 0 N–H and O–H groups in total. The van der Waals surface area contributed by atoms with Crippen LogP contribution in [0, 0.1) is 11.3 Å². The minimum Gasteiger partial charge on any atom is -0.491 e. The van der Waals surface area contributed by atoms with E-state index < -0.39 is 0 Å². The number of hydrogen-bond acceptors (Lipinski definition) is 3. The lowest BCUT2D eigenvalue weighted by Crippen LogP contribution is -2.28. The summed E-state index contributed by atoms with van der Waals surface area (Å²) in [5.74, 6) is 0.678. The number of ether oxygens (including phenoxy) is 1. The van der Waals surface area contributed by atoms with Crippen LogP contribution in [0.5, 0.6) is 5.75 Å². The lowest BCUT2D eigenvalue weighted by molar-refractivity contribution is 0.222. The first kappa shape index (κ1) is 12.5. The molecule has 86 valence electrons. The van der Waals surface area contributed by atoms with Gasteiger partial charge in [0.05, 0.1) is 5.56 Å². The highest BCUT2D eigenvalue weighted by Crippen LogP contribution is 2.16. The van der Waals surface area contributed by atoms with Gasteiger partial charge in [-0.1, -0.05) is 26.0 Å². The number of nitrogens with zero attached hydrogens (tertiary/aromatic N) is 2. The van der Waals surface area contributed by atoms with E-state index in [9.17, 15) is 0 Å². The average molecular weight is 218 g/mol. The molecule has 0 atom stereocenters. The lowest BCUT2D eigenvalue weighted by Gasteiger charge is -2.18. The molecule has 1 rings (SSSR count). The smallest absolute Gasteiger partial charge is 0.137 e. The number of hydrogen-bond donors (Lipinski definition) is 0. The second kappa shape index (κ2) is 6.86. The average Bonchev–Trinajstić information content (AvgIpc) is 2.35. The molecule has 3 heteroatoms. The third-order valence-electron chi connectivity index (χ3n) is 2.57. The van der Waals surface area contributed by atoms with E-state index in [1.54, 1.807) is 6.07 Å². The molecule has 0 bridgehead atoms. The first-order chi connectivity index (χ1) is 7.81. The maximum Gasteiger partial charge on any atom is 0.137 e. The standard InChI is InChI=1S/C13H18N2O/c1-3-15(4-2)9-10-16-13-8-6-5-7-12(13)11-14/h5-8H,3-4,9-10H2,1-2H3. The zero-order chi connectivity index (χ0) is 11.8. The molecule has 0 aliphatic heterocycles. The van der Waals surface area contributed by atoms with Crippen molar-refractivity contribution in [3.63, 3.8) is 0 Å². The molecular weight excluding hydrogens is 200 g/mol. The van der Waals surface area contributed by atoms with E-state index in [4.69, 9.17) is 10.00 Å². The molecule has 0 radical (unpaired) electrons. The Morgan fingerprint density at radius 1 is 1.25 bits per heavy atom. The van der Waals surface area contributed by atoms with Crippen molar-refractivity contribution in [2.24, 2.45) is 0 Å². The van der Waals surface area contributed by atoms with E-state index >= 15 is 0 Å². The molecule has 0 fully saturated rings. The Balaban J connectivity index is 2.46. The predicted molar refractivity (Wildman–Crippen MR) is 64.4 cm³/mol. The van der Waals surface area contributed by atoms with E-state index in [0.717, 1.165) is 19.6 Å². The summed E-state index contributed by atoms with van der Waals surface area (Å²) in [7, 11) is 0. The summed E-state index contributed by atoms with van der Waals surface area (Å²) in [6, 6.07) is 9.45. The Bertz CT molecular complexity index is 353. The van der Waals surface area contributed by atoms with Crippen molar-refractivity contribution in [1.82, 2.24) is 4.90 Å². The van der Waals surface area contributed by atoms with Gasteiger partial charge in [-0.05, 0) is 25.2 Å². The van der Waals surface area contributed by atoms with E-state index in [2.05, 4.69) is 24.8 Å². The van der Waals surface area contributed by atoms with Gasteiger partial charge in [-0.15, -0.1) is 0 Å². The van der Waals surface area contributed by atoms with E-state index in [1.807, 2.05) is 18.2 Å². The van der Waals surface area contributed by atoms with Gasteiger partial charge in [0.1, 0.15) is 18.4 Å². The summed E-state index contributed by atoms with van der Waals surface area (Å²) in [5.41, 5.74) is 0.599. The van der Waals surface area contributed by atoms with E-state index in [0.29, 0.717) is 17.9 Å². The highest BCUT2D eigenvalue weighted by atomic mass is 16.5. The number of likely N-dealkylation sites (N-methyl/N-ethyl adjacent to an activating group) is 1. The summed E-state index contributed by atoms with van der Waals surface area (Å²) < 4.78 is 5.60. The lowest BCUT2D eigenvalue weighted by atomic mass is 10.2. The Labute approximate surface area is 97.3 Å². The van der Waals surface area contributed by atoms with Crippen LogP contribution in [0.1, 0.15) is 19.4 Å². The molecule has 3 nitrogen and oxygen atoms in total. The monoisotopic (exact) mass is 218 g/mol. The van der Waals surface area contributed by atoms with Crippen LogP contribution in [0.15, 0.2) is 24.3 Å². The van der Waals surface area contributed by atoms with Crippen LogP contribution in [0.3, 0.4) is 0 Å². The molecule has 16 heavy (non-hydrogen) atoms. The highest BCUT2D eigenvalue weighted by Gasteiger charge is 2.03. The summed E-state index contributed by atoms with van der Waals surface area (Å²) >= 11 is 0. The SMILES string of the molecule is CCN(CC)CCOc1ccccc1C#N. The Morgan fingerprint density at radius 2 is 1.94 bits per heavy atom. The summed E-state index contributed by atoms with van der Waals surface area (Å²) in [4.78, 5) is 2.29. The molecule has 0 aliphatic carbocycles. The fourth-order valence-corrected chi connectivity index (χ4v) is 1.51. The van der Waals surface area contributed by atoms with Gasteiger partial charge >= 0.3 is 0 Å². The minimum atomic E-state index is 0.599. The van der Waals surface area contributed by atoms with Crippen molar-refractivity contribution in [2.45, 2.75) is 13.8 Å². The normalized spacial score (nSPS) is 10.1. The second-order valence-electron chi connectivity index (χ2n) is 3.48. The van der Waals surface area contributed by atoms with Gasteiger partial charge < -0.3 is 9.64 Å². The topological polar surface area (TPSA) is 36.3 Å². The number of nitriles is 1. The summed E-state index contributed by atoms with van der Waals surface area (Å²) in [6.07, 6.45) is 0. The molecular formula is C13H18N2O. The Hall–Kier alpha value is -1.53. The molecule has 0 aromatic heterocycles. The second-order valence-corrected chi connectivity index (χ2v) is 3.48. The van der Waals surface area contributed by atoms with Crippen molar-refractivity contribution >= 4 is 0 Å². The third-order valence-corrected chi connectivity index (χ3v) is 2.57. The zero-order valence-electron chi connectivity index (χ0n) is 9.94. The predicted octanol–water partition coefficient (Wildman–Crippen LogP) is 2.28. The van der Waals surface area contributed by atoms with Gasteiger partial charge in [0, 0.05) is 6.54 Å². The molecule has 0 heterocycles. The van der Waals surface area contributed by atoms with E-state index in [1.165, 1.54) is 0 Å². The molecule has 0 spiro atoms. The highest BCUT2D eigenvalue weighted by molar-refractivity contribution is 5.42. The first-order valence-corrected chi connectivity index (χ1v) is 5.66. The summed E-state index contributed by atoms with van der Waals surface area (Å²) in [6.45, 7) is 7.84. The van der Waals surface area contributed by atoms with Gasteiger partial charge in [0.25, 0.3) is 0 Å². The Kier molecular flexibility index (Phi) is 5.38. The quantitative estimate of drug-likeness (QED) is 0.735. The third kappa shape index (κ3) is 3.56. The van der Waals surface area contributed by atoms with E-state index in [-0.39, 0.29) is 0 Å². The van der Waals surface area contributed by atoms with Gasteiger partial charge in [0.2, 0.25) is 0 Å². The van der Waals surface area contributed by atoms with Gasteiger partial charge in [-0.25, -0.2) is 0 Å². The van der Waals surface area contributed by atoms with Crippen LogP contribution in [0.4, 0.5) is 0 Å². The van der Waals surface area contributed by atoms with Crippen molar-refractivity contribution in [2.75, 3.05) is 26.2 Å². The molecule has 0 saturated heterocycles. The maximum atomic E-state index is 8.88. The maximum absolute atomic E-state index is 8.88. The number of rotatable bonds is 6. The van der Waals surface area contributed by atoms with Crippen LogP contribution in [0.25, 0.3) is 0 Å². The van der Waals surface area contributed by atoms with Crippen molar-refractivity contribution in [3.8, 4) is 11.8 Å². The molecule has 0 aliphatic rings. The zero-order valence-corrected chi connectivity index (χ0v) is 9.94. The van der Waals surface area contributed by atoms with Crippen LogP contribution < -0.4 is 4.74 Å². The van der Waals surface area contributed by atoms with Crippen LogP contribution in [0.2, 0.25) is 0 Å². The van der Waals surface area contributed by atoms with Crippen molar-refractivity contribution < 1.29 is 4.74 Å². The molecule has 0 unspecified atom stereocenters. The fraction of sp³-hybridized carbons (Fsp3) is 0.462. The van der Waals surface area contributed by atoms with Gasteiger partial charge in [0.15, 0.2) is 0 Å². The fourth-order valence-electron chi connectivity index (χ4n) is 1.51. The molecule has 0 amide bonds. The first-order valence-electron chi connectivity index (χ1n) is 5.66. The van der Waals surface area contributed by atoms with Gasteiger partial charge in [-0.2, -0.15) is 5.26 Å². The molecule has 0 saturated carbocycles. The van der Waals surface area contributed by atoms with Crippen LogP contribution in [-0.4, -0.2) is 31.1 Å². The minimum absolute atomic E-state index is 0.599. The van der Waals surface area contributed by atoms with Crippen molar-refractivity contribution in [1.29, 1.82) is 5.26 Å². The largest absolute Gasteiger partial charge is 0.491 e. The van der Waals surface area contributed by atoms with Gasteiger partial charge in [-0.3, -0.25) is 0 Å². The molecule has 1 aromatic carbocycles. The number of para-hydroxylation sites is 1. The van der Waals surface area contributed by atoms with Crippen LogP contribution in [-0.2, 0) is 0 Å². The molecule has 1 aromatic rings. The Morgan fingerprint density at radius 3 is 2.56 bits per heavy atom. The summed E-state index contributed by atoms with van der Waals surface area (Å²) in [5, 5.41) is 8.88. The van der Waals surface area contributed by atoms with Crippen molar-refractivity contribution in [3.05, 3.63) is 29.8 Å².